The van der Waals surface area contributed by atoms with Crippen molar-refractivity contribution in [2.75, 3.05) is 61.8 Å². The third-order valence-electron chi connectivity index (χ3n) is 13.2. The second-order valence-corrected chi connectivity index (χ2v) is 25.0. The van der Waals surface area contributed by atoms with Crippen molar-refractivity contribution in [3.8, 4) is 0 Å². The average molecular weight is 1160 g/mol. The summed E-state index contributed by atoms with van der Waals surface area (Å²) in [5, 5.41) is 15.5. The first-order chi connectivity index (χ1) is 38.4. The van der Waals surface area contributed by atoms with Crippen LogP contribution in [0.1, 0.15) is 157 Å². The minimum Gasteiger partial charge on any atom is -0.371 e. The van der Waals surface area contributed by atoms with Crippen LogP contribution >= 0.6 is 0 Å². The van der Waals surface area contributed by atoms with Gasteiger partial charge in [0.1, 0.15) is 35.3 Å². The average Bonchev–Trinajstić information content (AvgIpc) is 3.28. The Balaban J connectivity index is 0.000000192. The van der Waals surface area contributed by atoms with E-state index in [0.29, 0.717) is 52.3 Å². The van der Waals surface area contributed by atoms with Crippen molar-refractivity contribution >= 4 is 91.8 Å². The van der Waals surface area contributed by atoms with Gasteiger partial charge in [0.15, 0.2) is 62.4 Å². The topological polar surface area (TPSA) is 309 Å². The molecule has 9 aromatic heterocycles. The van der Waals surface area contributed by atoms with Gasteiger partial charge in [-0.15, -0.1) is 0 Å². The number of imidazole rings is 4. The van der Waals surface area contributed by atoms with Crippen molar-refractivity contribution in [3.05, 3.63) is 67.8 Å². The summed E-state index contributed by atoms with van der Waals surface area (Å²) in [4.78, 5) is 88.9. The highest BCUT2D eigenvalue weighted by atomic mass is 16.1. The van der Waals surface area contributed by atoms with Gasteiger partial charge >= 0.3 is 0 Å². The number of Topliss-reactive ketones (excluding diaryl/α,β-unsaturated/α-hetero) is 1. The SMILES string of the molecule is C.CNc1nc(NC)c2nc(C)n(C(C)(C)C)c2n1.CNc1nc2c(c(C)cn2C(C)(C)C)c(=O)[nH]1.CNc1nc2c(nc(C)n2C(C)(C)C)c(=O)[nH]1.CNc1ncnc2c1nc(C)n2C(C)(C)C.Cc1nc2c(n1C(C)(C)C)N=CCC2=O. The number of carbonyl (C=O) groups excluding carboxylic acids is 1. The lowest BCUT2D eigenvalue weighted by atomic mass is 10.1. The number of aryl methyl sites for hydroxylation is 5. The first kappa shape index (κ1) is 66.2. The van der Waals surface area contributed by atoms with Crippen LogP contribution in [0.2, 0.25) is 0 Å². The van der Waals surface area contributed by atoms with Crippen LogP contribution in [0.4, 0.5) is 35.3 Å². The standard InChI is InChI=1S/C12H20N6.C12H18N4O.C11H17N5O.C11H17N5.C11H15N3O.CH4/c1-7-15-8-9(13-5)16-11(14-6)17-10(8)18(7)12(2,3)4;1-7-6-16(12(2,3)4)9-8(7)10(17)15-11(13-5)14-9;1-6-13-7-8(16(6)11(2,3)4)14-10(12-5)15-9(7)17;1-7-15-8-9(12-5)13-6-14-10(8)16(7)11(2,3)4;1-7-13-9-8(15)5-6-12-10(9)14(7)11(2,3)4;/h1-6H3,(H2,13,14,16,17);6H,1-5H3,(H2,13,14,15,17);1-5H3,(H2,12,14,15,17);6H,1-5H3,(H,12,13,14);6H,5H2,1-4H3;1H4. The molecule has 0 amide bonds. The smallest absolute Gasteiger partial charge is 0.280 e. The Morgan fingerprint density at radius 1 is 0.464 bits per heavy atom. The molecule has 10 heterocycles. The van der Waals surface area contributed by atoms with Crippen molar-refractivity contribution < 1.29 is 4.79 Å². The van der Waals surface area contributed by atoms with Crippen LogP contribution in [-0.4, -0.2) is 130 Å². The van der Waals surface area contributed by atoms with E-state index < -0.39 is 0 Å². The molecule has 1 aliphatic heterocycles. The highest BCUT2D eigenvalue weighted by Gasteiger charge is 2.29. The van der Waals surface area contributed by atoms with Gasteiger partial charge in [-0.3, -0.25) is 24.4 Å². The zero-order chi connectivity index (χ0) is 62.2. The zero-order valence-electron chi connectivity index (χ0n) is 53.3. The number of rotatable bonds is 5. The van der Waals surface area contributed by atoms with Crippen molar-refractivity contribution in [1.82, 2.24) is 82.6 Å². The van der Waals surface area contributed by atoms with Crippen LogP contribution in [-0.2, 0) is 27.7 Å². The normalized spacial score (nSPS) is 12.5. The Hall–Kier alpha value is -8.58. The molecule has 0 spiro atoms. The Kier molecular flexibility index (Phi) is 19.5. The van der Waals surface area contributed by atoms with Gasteiger partial charge in [-0.05, 0) is 144 Å². The fraction of sp³-hybridized carbons (Fsp3) is 0.552. The van der Waals surface area contributed by atoms with E-state index in [-0.39, 0.29) is 52.0 Å². The maximum Gasteiger partial charge on any atom is 0.280 e. The Morgan fingerprint density at radius 2 is 0.917 bits per heavy atom. The lowest BCUT2D eigenvalue weighted by molar-refractivity contribution is 0.0996. The quantitative estimate of drug-likeness (QED) is 0.0843. The third kappa shape index (κ3) is 13.7. The second kappa shape index (κ2) is 24.7. The summed E-state index contributed by atoms with van der Waals surface area (Å²) in [6.07, 6.45) is 5.57. The van der Waals surface area contributed by atoms with E-state index in [2.05, 4.69) is 204 Å². The molecule has 0 radical (unpaired) electrons. The third-order valence-corrected chi connectivity index (χ3v) is 13.2. The zero-order valence-corrected chi connectivity index (χ0v) is 53.3. The largest absolute Gasteiger partial charge is 0.371 e. The van der Waals surface area contributed by atoms with Crippen LogP contribution in [0.3, 0.4) is 0 Å². The Labute approximate surface area is 492 Å². The van der Waals surface area contributed by atoms with Crippen molar-refractivity contribution in [2.45, 2.75) is 180 Å². The summed E-state index contributed by atoms with van der Waals surface area (Å²) in [6, 6.07) is 0. The van der Waals surface area contributed by atoms with Crippen LogP contribution in [0.15, 0.2) is 27.1 Å². The number of nitrogens with zero attached hydrogens (tertiary/aromatic N) is 16. The maximum atomic E-state index is 12.0. The van der Waals surface area contributed by atoms with Gasteiger partial charge in [-0.2, -0.15) is 19.9 Å². The lowest BCUT2D eigenvalue weighted by Crippen LogP contribution is -2.24. The number of ketones is 1. The summed E-state index contributed by atoms with van der Waals surface area (Å²) in [6.45, 7) is 41.2. The number of aliphatic imine (C=N–C) groups is 1. The minimum atomic E-state index is -0.217. The van der Waals surface area contributed by atoms with Crippen molar-refractivity contribution in [1.29, 1.82) is 0 Å². The maximum absolute atomic E-state index is 12.0. The van der Waals surface area contributed by atoms with Gasteiger partial charge in [-0.1, -0.05) is 7.43 Å². The number of aromatic nitrogens is 17. The fourth-order valence-corrected chi connectivity index (χ4v) is 10.0. The first-order valence-electron chi connectivity index (χ1n) is 27.6. The molecule has 9 aromatic rings. The van der Waals surface area contributed by atoms with E-state index >= 15 is 0 Å². The molecule has 84 heavy (non-hydrogen) atoms. The van der Waals surface area contributed by atoms with E-state index in [9.17, 15) is 14.4 Å². The summed E-state index contributed by atoms with van der Waals surface area (Å²) >= 11 is 0. The molecule has 0 aromatic carbocycles. The van der Waals surface area contributed by atoms with Gasteiger partial charge in [-0.25, -0.2) is 34.9 Å². The number of nitrogens with one attached hydrogen (secondary N) is 7. The summed E-state index contributed by atoms with van der Waals surface area (Å²) in [5.74, 6) is 7.36. The summed E-state index contributed by atoms with van der Waals surface area (Å²) in [7, 11) is 8.95. The number of hydrogen-bond acceptors (Lipinski definition) is 19. The van der Waals surface area contributed by atoms with Gasteiger partial charge in [0, 0.05) is 81.8 Å². The predicted octanol–water partition coefficient (Wildman–Crippen LogP) is 9.83. The van der Waals surface area contributed by atoms with Gasteiger partial charge in [0.25, 0.3) is 11.1 Å². The Bertz CT molecular complexity index is 3960. The molecular formula is C58H91N23O3. The van der Waals surface area contributed by atoms with Crippen LogP contribution in [0.5, 0.6) is 0 Å². The highest BCUT2D eigenvalue weighted by molar-refractivity contribution is 6.08. The molecule has 0 atom stereocenters. The molecule has 456 valence electrons. The van der Waals surface area contributed by atoms with E-state index in [1.54, 1.807) is 26.6 Å². The lowest BCUT2D eigenvalue weighted by Gasteiger charge is -2.24. The predicted molar refractivity (Wildman–Crippen MR) is 342 cm³/mol. The fourth-order valence-electron chi connectivity index (χ4n) is 10.0. The van der Waals surface area contributed by atoms with Crippen LogP contribution in [0, 0.1) is 34.6 Å². The number of hydrogen-bond donors (Lipinski definition) is 7. The van der Waals surface area contributed by atoms with Gasteiger partial charge < -0.3 is 49.4 Å². The monoisotopic (exact) mass is 1160 g/mol. The molecule has 26 heteroatoms. The van der Waals surface area contributed by atoms with Crippen LogP contribution < -0.4 is 37.7 Å². The molecule has 7 N–H and O–H groups in total. The van der Waals surface area contributed by atoms with Crippen molar-refractivity contribution in [2.24, 2.45) is 4.99 Å². The molecule has 0 aliphatic carbocycles. The van der Waals surface area contributed by atoms with Crippen LogP contribution in [0.25, 0.3) is 44.5 Å². The highest BCUT2D eigenvalue weighted by Crippen LogP contribution is 2.33. The van der Waals surface area contributed by atoms with Gasteiger partial charge in [0.05, 0.1) is 5.39 Å². The second-order valence-electron chi connectivity index (χ2n) is 25.0. The number of fused-ring (bicyclic) bond motifs is 5. The molecule has 0 fully saturated rings. The number of carbonyl (C=O) groups is 1. The molecular weight excluding hydrogens is 1070 g/mol. The molecule has 0 saturated heterocycles. The number of aromatic amines is 2. The summed E-state index contributed by atoms with van der Waals surface area (Å²) in [5.41, 5.74) is 5.79. The molecule has 10 rings (SSSR count). The molecule has 0 saturated carbocycles. The van der Waals surface area contributed by atoms with E-state index in [1.165, 1.54) is 0 Å². The molecule has 26 nitrogen and oxygen atoms in total. The summed E-state index contributed by atoms with van der Waals surface area (Å²) < 4.78 is 10.3. The van der Waals surface area contributed by atoms with E-state index in [4.69, 9.17) is 0 Å². The minimum absolute atomic E-state index is 0. The number of H-pyrrole nitrogens is 2. The van der Waals surface area contributed by atoms with Gasteiger partial charge in [0.2, 0.25) is 17.8 Å². The first-order valence-corrected chi connectivity index (χ1v) is 27.6. The molecule has 0 unspecified atom stereocenters. The van der Waals surface area contributed by atoms with Crippen molar-refractivity contribution in [3.63, 3.8) is 0 Å². The van der Waals surface area contributed by atoms with E-state index in [1.807, 2.05) is 75.7 Å². The molecule has 0 bridgehead atoms. The number of anilines is 5. The molecule has 1 aliphatic rings. The Morgan fingerprint density at radius 3 is 1.39 bits per heavy atom. The van der Waals surface area contributed by atoms with E-state index in [0.717, 1.165) is 68.5 Å².